The standard InChI is InChI=1S/C20H24ClN5O4S/c1-13(21)8-11-17(27)25-31(29,30)12-14(2)22-20(28)18-23-19(15-9-10-15)26(24-18)16-6-4-3-5-7-16/h3-7,14-15H,1,8-12H2,2H3,(H,22,28)(H,25,27)/t14-/m1/s1. The number of amides is 2. The van der Waals surface area contributed by atoms with Crippen molar-refractivity contribution in [3.8, 4) is 5.69 Å². The van der Waals surface area contributed by atoms with E-state index >= 15 is 0 Å². The zero-order chi connectivity index (χ0) is 22.6. The molecule has 1 aliphatic carbocycles. The fourth-order valence-electron chi connectivity index (χ4n) is 2.96. The zero-order valence-electron chi connectivity index (χ0n) is 17.0. The van der Waals surface area contributed by atoms with Crippen LogP contribution < -0.4 is 10.0 Å². The molecular weight excluding hydrogens is 442 g/mol. The van der Waals surface area contributed by atoms with Crippen LogP contribution in [0.2, 0.25) is 0 Å². The number of para-hydroxylation sites is 1. The van der Waals surface area contributed by atoms with E-state index in [9.17, 15) is 18.0 Å². The minimum atomic E-state index is -3.94. The van der Waals surface area contributed by atoms with Gasteiger partial charge in [0.2, 0.25) is 21.8 Å². The number of hydrogen-bond donors (Lipinski definition) is 2. The first-order valence-corrected chi connectivity index (χ1v) is 11.9. The monoisotopic (exact) mass is 465 g/mol. The van der Waals surface area contributed by atoms with Crippen LogP contribution in [0.25, 0.3) is 5.69 Å². The molecule has 1 heterocycles. The van der Waals surface area contributed by atoms with Crippen LogP contribution in [0.3, 0.4) is 0 Å². The van der Waals surface area contributed by atoms with E-state index in [1.807, 2.05) is 35.1 Å². The van der Waals surface area contributed by atoms with Gasteiger partial charge >= 0.3 is 0 Å². The van der Waals surface area contributed by atoms with E-state index in [0.717, 1.165) is 18.5 Å². The summed E-state index contributed by atoms with van der Waals surface area (Å²) in [7, 11) is -3.94. The molecule has 2 N–H and O–H groups in total. The number of allylic oxidation sites excluding steroid dienone is 1. The molecule has 0 radical (unpaired) electrons. The highest BCUT2D eigenvalue weighted by Gasteiger charge is 2.32. The Hall–Kier alpha value is -2.72. The molecule has 0 aliphatic heterocycles. The van der Waals surface area contributed by atoms with E-state index in [1.165, 1.54) is 6.92 Å². The molecule has 1 aliphatic rings. The molecule has 2 amide bonds. The lowest BCUT2D eigenvalue weighted by atomic mass is 10.3. The molecule has 0 bridgehead atoms. The van der Waals surface area contributed by atoms with Crippen molar-refractivity contribution in [2.75, 3.05) is 5.75 Å². The molecule has 2 aromatic rings. The minimum absolute atomic E-state index is 0.0281. The summed E-state index contributed by atoms with van der Waals surface area (Å²) in [5.74, 6) is -0.793. The molecule has 9 nitrogen and oxygen atoms in total. The second-order valence-electron chi connectivity index (χ2n) is 7.51. The number of halogens is 1. The molecule has 1 aromatic carbocycles. The van der Waals surface area contributed by atoms with Crippen molar-refractivity contribution in [1.29, 1.82) is 0 Å². The van der Waals surface area contributed by atoms with Crippen LogP contribution in [0.4, 0.5) is 0 Å². The maximum Gasteiger partial charge on any atom is 0.291 e. The van der Waals surface area contributed by atoms with Gasteiger partial charge in [0.1, 0.15) is 5.82 Å². The molecule has 3 rings (SSSR count). The van der Waals surface area contributed by atoms with E-state index in [1.54, 1.807) is 4.68 Å². The summed E-state index contributed by atoms with van der Waals surface area (Å²) < 4.78 is 28.0. The number of carbonyl (C=O) groups is 2. The minimum Gasteiger partial charge on any atom is -0.346 e. The van der Waals surface area contributed by atoms with Gasteiger partial charge in [-0.2, -0.15) is 0 Å². The summed E-state index contributed by atoms with van der Waals surface area (Å²) >= 11 is 5.58. The highest BCUT2D eigenvalue weighted by atomic mass is 35.5. The Kier molecular flexibility index (Phi) is 7.11. The first-order chi connectivity index (χ1) is 14.6. The SMILES string of the molecule is C=C(Cl)CCC(=O)NS(=O)(=O)C[C@@H](C)NC(=O)c1nc(C2CC2)n(-c2ccccc2)n1. The predicted octanol–water partition coefficient (Wildman–Crippen LogP) is 2.24. The van der Waals surface area contributed by atoms with Crippen LogP contribution in [0.5, 0.6) is 0 Å². The third kappa shape index (κ3) is 6.63. The van der Waals surface area contributed by atoms with Crippen molar-refractivity contribution in [3.63, 3.8) is 0 Å². The molecule has 1 saturated carbocycles. The van der Waals surface area contributed by atoms with Gasteiger partial charge in [0.05, 0.1) is 11.4 Å². The van der Waals surface area contributed by atoms with Crippen LogP contribution in [0.15, 0.2) is 41.9 Å². The van der Waals surface area contributed by atoms with Crippen LogP contribution in [-0.2, 0) is 14.8 Å². The number of sulfonamides is 1. The topological polar surface area (TPSA) is 123 Å². The number of aromatic nitrogens is 3. The lowest BCUT2D eigenvalue weighted by Crippen LogP contribution is -2.42. The van der Waals surface area contributed by atoms with Crippen LogP contribution >= 0.6 is 11.6 Å². The summed E-state index contributed by atoms with van der Waals surface area (Å²) in [6.45, 7) is 4.98. The highest BCUT2D eigenvalue weighted by molar-refractivity contribution is 7.90. The van der Waals surface area contributed by atoms with Crippen molar-refractivity contribution < 1.29 is 18.0 Å². The lowest BCUT2D eigenvalue weighted by molar-refractivity contribution is -0.119. The first kappa shape index (κ1) is 23.0. The van der Waals surface area contributed by atoms with Gasteiger partial charge in [-0.05, 0) is 38.3 Å². The average Bonchev–Trinajstić information content (AvgIpc) is 3.44. The van der Waals surface area contributed by atoms with Gasteiger partial charge in [0, 0.05) is 23.4 Å². The van der Waals surface area contributed by atoms with E-state index in [4.69, 9.17) is 11.6 Å². The highest BCUT2D eigenvalue weighted by Crippen LogP contribution is 2.39. The number of rotatable bonds is 10. The second-order valence-corrected chi connectivity index (χ2v) is 9.82. The van der Waals surface area contributed by atoms with Crippen molar-refractivity contribution >= 4 is 33.4 Å². The van der Waals surface area contributed by atoms with Crippen molar-refractivity contribution in [2.24, 2.45) is 0 Å². The van der Waals surface area contributed by atoms with Crippen molar-refractivity contribution in [3.05, 3.63) is 53.6 Å². The summed E-state index contributed by atoms with van der Waals surface area (Å²) in [6, 6.07) is 8.61. The van der Waals surface area contributed by atoms with Crippen LogP contribution in [-0.4, -0.2) is 46.8 Å². The number of nitrogens with zero attached hydrogens (tertiary/aromatic N) is 3. The van der Waals surface area contributed by atoms with E-state index in [2.05, 4.69) is 22.0 Å². The smallest absolute Gasteiger partial charge is 0.291 e. The normalized spacial score (nSPS) is 14.6. The Balaban J connectivity index is 1.63. The Morgan fingerprint density at radius 3 is 2.55 bits per heavy atom. The molecule has 0 unspecified atom stereocenters. The zero-order valence-corrected chi connectivity index (χ0v) is 18.6. The summed E-state index contributed by atoms with van der Waals surface area (Å²) in [4.78, 5) is 28.7. The molecular formula is C20H24ClN5O4S. The molecule has 31 heavy (non-hydrogen) atoms. The fraction of sp³-hybridized carbons (Fsp3) is 0.400. The van der Waals surface area contributed by atoms with Gasteiger partial charge < -0.3 is 5.32 Å². The maximum atomic E-state index is 12.6. The molecule has 1 aromatic heterocycles. The van der Waals surface area contributed by atoms with Crippen LogP contribution in [0, 0.1) is 0 Å². The van der Waals surface area contributed by atoms with Crippen molar-refractivity contribution in [1.82, 2.24) is 24.8 Å². The largest absolute Gasteiger partial charge is 0.346 e. The second kappa shape index (κ2) is 9.61. The van der Waals surface area contributed by atoms with Gasteiger partial charge in [0.25, 0.3) is 5.91 Å². The Morgan fingerprint density at radius 1 is 1.26 bits per heavy atom. The van der Waals surface area contributed by atoms with Gasteiger partial charge in [-0.3, -0.25) is 14.3 Å². The average molecular weight is 466 g/mol. The predicted molar refractivity (Wildman–Crippen MR) is 116 cm³/mol. The third-order valence-corrected chi connectivity index (χ3v) is 6.18. The number of benzene rings is 1. The van der Waals surface area contributed by atoms with Crippen molar-refractivity contribution in [2.45, 2.75) is 44.6 Å². The molecule has 11 heteroatoms. The number of hydrogen-bond acceptors (Lipinski definition) is 6. The molecule has 0 spiro atoms. The van der Waals surface area contributed by atoms with Crippen LogP contribution in [0.1, 0.15) is 55.0 Å². The van der Waals surface area contributed by atoms with Gasteiger partial charge in [-0.25, -0.2) is 18.1 Å². The lowest BCUT2D eigenvalue weighted by Gasteiger charge is -2.13. The summed E-state index contributed by atoms with van der Waals surface area (Å²) in [5.41, 5.74) is 0.800. The maximum absolute atomic E-state index is 12.6. The number of nitrogens with one attached hydrogen (secondary N) is 2. The molecule has 1 fully saturated rings. The molecule has 1 atom stereocenters. The van der Waals surface area contributed by atoms with Gasteiger partial charge in [-0.1, -0.05) is 36.4 Å². The Morgan fingerprint density at radius 2 is 1.94 bits per heavy atom. The van der Waals surface area contributed by atoms with E-state index < -0.39 is 33.6 Å². The number of carbonyl (C=O) groups excluding carboxylic acids is 2. The van der Waals surface area contributed by atoms with Gasteiger partial charge in [-0.15, -0.1) is 5.10 Å². The Bertz CT molecular complexity index is 1080. The summed E-state index contributed by atoms with van der Waals surface area (Å²) in [5, 5.41) is 7.18. The van der Waals surface area contributed by atoms with E-state index in [0.29, 0.717) is 5.82 Å². The molecule has 0 saturated heterocycles. The van der Waals surface area contributed by atoms with Gasteiger partial charge in [0.15, 0.2) is 0 Å². The fourth-order valence-corrected chi connectivity index (χ4v) is 4.33. The third-order valence-electron chi connectivity index (χ3n) is 4.52. The molecule has 166 valence electrons. The quantitative estimate of drug-likeness (QED) is 0.554. The summed E-state index contributed by atoms with van der Waals surface area (Å²) in [6.07, 6.45) is 2.05. The Labute approximate surface area is 185 Å². The van der Waals surface area contributed by atoms with E-state index in [-0.39, 0.29) is 29.6 Å². The first-order valence-electron chi connectivity index (χ1n) is 9.84.